The monoisotopic (exact) mass is 340 g/mol. The molecule has 1 aliphatic heterocycles. The molecule has 4 heteroatoms. The van der Waals surface area contributed by atoms with Crippen molar-refractivity contribution in [2.75, 3.05) is 0 Å². The van der Waals surface area contributed by atoms with E-state index in [-0.39, 0.29) is 0 Å². The van der Waals surface area contributed by atoms with Crippen LogP contribution in [0.25, 0.3) is 11.1 Å². The summed E-state index contributed by atoms with van der Waals surface area (Å²) in [7, 11) is 0. The number of benzene rings is 2. The van der Waals surface area contributed by atoms with Gasteiger partial charge in [-0.15, -0.1) is 0 Å². The van der Waals surface area contributed by atoms with Gasteiger partial charge in [-0.3, -0.25) is 9.98 Å². The third-order valence-electron chi connectivity index (χ3n) is 3.63. The largest absolute Gasteiger partial charge is 0.366 e. The minimum Gasteiger partial charge on any atom is -0.366 e. The highest BCUT2D eigenvalue weighted by Crippen LogP contribution is 2.12. The second kappa shape index (κ2) is 9.59. The molecule has 0 amide bonds. The Bertz CT molecular complexity index is 797. The van der Waals surface area contributed by atoms with E-state index in [0.717, 1.165) is 22.3 Å². The second-order valence-electron chi connectivity index (χ2n) is 5.45. The zero-order valence-electron chi connectivity index (χ0n) is 14.3. The summed E-state index contributed by atoms with van der Waals surface area (Å²) >= 11 is 0. The fraction of sp³-hybridized carbons (Fsp3) is 0. The van der Waals surface area contributed by atoms with Crippen LogP contribution in [0.15, 0.2) is 108 Å². The van der Waals surface area contributed by atoms with Gasteiger partial charge < -0.3 is 10.6 Å². The number of hydrogen-bond donors (Lipinski definition) is 2. The van der Waals surface area contributed by atoms with Crippen LogP contribution in [0.3, 0.4) is 0 Å². The zero-order chi connectivity index (χ0) is 17.9. The maximum atomic E-state index is 4.35. The van der Waals surface area contributed by atoms with Gasteiger partial charge in [0.05, 0.1) is 0 Å². The predicted molar refractivity (Wildman–Crippen MR) is 110 cm³/mol. The highest BCUT2D eigenvalue weighted by molar-refractivity contribution is 6.10. The molecule has 2 aromatic carbocycles. The highest BCUT2D eigenvalue weighted by atomic mass is 14.8. The van der Waals surface area contributed by atoms with Crippen molar-refractivity contribution in [1.82, 2.24) is 10.6 Å². The third-order valence-corrected chi connectivity index (χ3v) is 3.63. The van der Waals surface area contributed by atoms with Gasteiger partial charge >= 0.3 is 0 Å². The predicted octanol–water partition coefficient (Wildman–Crippen LogP) is 4.35. The number of aliphatic imine (C=N–C) groups is 2. The summed E-state index contributed by atoms with van der Waals surface area (Å²) in [4.78, 5) is 8.70. The molecule has 3 rings (SSSR count). The Kier molecular flexibility index (Phi) is 6.33. The Morgan fingerprint density at radius 3 is 1.38 bits per heavy atom. The van der Waals surface area contributed by atoms with Crippen molar-refractivity contribution in [2.24, 2.45) is 9.98 Å². The van der Waals surface area contributed by atoms with Gasteiger partial charge in [0.25, 0.3) is 0 Å². The molecule has 1 aliphatic rings. The van der Waals surface area contributed by atoms with Crippen molar-refractivity contribution in [2.45, 2.75) is 0 Å². The van der Waals surface area contributed by atoms with E-state index >= 15 is 0 Å². The van der Waals surface area contributed by atoms with E-state index in [9.17, 15) is 0 Å². The molecule has 2 aromatic rings. The molecule has 1 heterocycles. The minimum atomic E-state index is 0.974. The summed E-state index contributed by atoms with van der Waals surface area (Å²) in [6, 6.07) is 20.2. The van der Waals surface area contributed by atoms with Gasteiger partial charge in [-0.05, 0) is 11.1 Å². The number of rotatable bonds is 2. The molecule has 0 fully saturated rings. The molecular formula is C22H20N4. The molecule has 0 aliphatic carbocycles. The fourth-order valence-electron chi connectivity index (χ4n) is 2.35. The van der Waals surface area contributed by atoms with Gasteiger partial charge in [-0.1, -0.05) is 60.7 Å². The van der Waals surface area contributed by atoms with E-state index < -0.39 is 0 Å². The topological polar surface area (TPSA) is 48.8 Å². The molecule has 0 atom stereocenters. The first-order chi connectivity index (χ1) is 12.9. The van der Waals surface area contributed by atoms with Crippen molar-refractivity contribution < 1.29 is 0 Å². The van der Waals surface area contributed by atoms with E-state index in [4.69, 9.17) is 0 Å². The Labute approximate surface area is 153 Å². The first-order valence-electron chi connectivity index (χ1n) is 8.33. The Morgan fingerprint density at radius 1 is 0.538 bits per heavy atom. The lowest BCUT2D eigenvalue weighted by molar-refractivity contribution is 1.18. The average Bonchev–Trinajstić information content (AvgIpc) is 2.71. The van der Waals surface area contributed by atoms with Crippen LogP contribution in [0, 0.1) is 0 Å². The van der Waals surface area contributed by atoms with E-state index in [2.05, 4.69) is 20.6 Å². The lowest BCUT2D eigenvalue weighted by Gasteiger charge is -2.03. The maximum Gasteiger partial charge on any atom is 0.0428 e. The molecule has 0 saturated heterocycles. The van der Waals surface area contributed by atoms with Crippen molar-refractivity contribution in [1.29, 1.82) is 0 Å². The van der Waals surface area contributed by atoms with Gasteiger partial charge in [0.1, 0.15) is 0 Å². The molecule has 2 N–H and O–H groups in total. The lowest BCUT2D eigenvalue weighted by Crippen LogP contribution is -1.99. The Morgan fingerprint density at radius 2 is 0.962 bits per heavy atom. The standard InChI is InChI=1S/C22H20N4/c1-3-7-19(8-4-1)21-15-23-11-13-25-17-22(18-26-14-12-24-16-21)20-9-5-2-6-10-20/h1-18,23,26H/b13-11+,14-12+,21-15+,22-18?,24-16+,25-17?. The molecule has 0 radical (unpaired) electrons. The number of allylic oxidation sites excluding steroid dienone is 2. The molecular weight excluding hydrogens is 320 g/mol. The van der Waals surface area contributed by atoms with Gasteiger partial charge in [0, 0.05) is 60.8 Å². The lowest BCUT2D eigenvalue weighted by atomic mass is 10.1. The van der Waals surface area contributed by atoms with Crippen LogP contribution in [0.5, 0.6) is 0 Å². The maximum absolute atomic E-state index is 4.35. The summed E-state index contributed by atoms with van der Waals surface area (Å²) in [5.74, 6) is 0. The summed E-state index contributed by atoms with van der Waals surface area (Å²) in [5, 5.41) is 6.27. The van der Waals surface area contributed by atoms with Crippen LogP contribution in [0.1, 0.15) is 11.1 Å². The molecule has 0 unspecified atom stereocenters. The molecule has 4 nitrogen and oxygen atoms in total. The quantitative estimate of drug-likeness (QED) is 0.854. The van der Waals surface area contributed by atoms with Crippen LogP contribution in [-0.2, 0) is 0 Å². The van der Waals surface area contributed by atoms with Crippen LogP contribution < -0.4 is 10.6 Å². The minimum absolute atomic E-state index is 0.974. The number of hydrogen-bond acceptors (Lipinski definition) is 4. The molecule has 128 valence electrons. The first-order valence-corrected chi connectivity index (χ1v) is 8.33. The van der Waals surface area contributed by atoms with E-state index in [1.54, 1.807) is 24.8 Å². The normalized spacial score (nSPS) is 20.3. The first kappa shape index (κ1) is 17.2. The fourth-order valence-corrected chi connectivity index (χ4v) is 2.35. The van der Waals surface area contributed by atoms with Crippen LogP contribution in [0.4, 0.5) is 0 Å². The van der Waals surface area contributed by atoms with Crippen LogP contribution in [-0.4, -0.2) is 12.4 Å². The smallest absolute Gasteiger partial charge is 0.0428 e. The summed E-state index contributed by atoms with van der Waals surface area (Å²) in [5.41, 5.74) is 4.11. The van der Waals surface area contributed by atoms with Crippen molar-refractivity contribution in [3.8, 4) is 0 Å². The van der Waals surface area contributed by atoms with Crippen LogP contribution >= 0.6 is 0 Å². The summed E-state index contributed by atoms with van der Waals surface area (Å²) in [6.07, 6.45) is 14.4. The van der Waals surface area contributed by atoms with Crippen molar-refractivity contribution in [3.05, 3.63) is 109 Å². The van der Waals surface area contributed by atoms with Gasteiger partial charge in [0.15, 0.2) is 0 Å². The molecule has 0 aromatic heterocycles. The van der Waals surface area contributed by atoms with E-state index in [0.29, 0.717) is 0 Å². The summed E-state index contributed by atoms with van der Waals surface area (Å²) in [6.45, 7) is 0. The Hall–Kier alpha value is -3.66. The molecule has 0 bridgehead atoms. The van der Waals surface area contributed by atoms with Gasteiger partial charge in [-0.2, -0.15) is 0 Å². The van der Waals surface area contributed by atoms with Crippen molar-refractivity contribution in [3.63, 3.8) is 0 Å². The summed E-state index contributed by atoms with van der Waals surface area (Å²) < 4.78 is 0. The molecule has 0 spiro atoms. The number of nitrogens with one attached hydrogen (secondary N) is 2. The molecule has 26 heavy (non-hydrogen) atoms. The SMILES string of the molecule is C1=N/C=C/N\C=C(c2ccccc2)/C=N/C=C/NC=C1c1ccccc1. The van der Waals surface area contributed by atoms with Gasteiger partial charge in [0.2, 0.25) is 0 Å². The van der Waals surface area contributed by atoms with Gasteiger partial charge in [-0.25, -0.2) is 0 Å². The van der Waals surface area contributed by atoms with Crippen LogP contribution in [0.2, 0.25) is 0 Å². The zero-order valence-corrected chi connectivity index (χ0v) is 14.3. The molecule has 0 saturated carbocycles. The highest BCUT2D eigenvalue weighted by Gasteiger charge is 1.98. The second-order valence-corrected chi connectivity index (χ2v) is 5.45. The Balaban J connectivity index is 1.82. The van der Waals surface area contributed by atoms with E-state index in [1.165, 1.54) is 0 Å². The number of nitrogens with zero attached hydrogens (tertiary/aromatic N) is 2. The van der Waals surface area contributed by atoms with Crippen molar-refractivity contribution >= 4 is 23.6 Å². The van der Waals surface area contributed by atoms with E-state index in [1.807, 2.05) is 85.5 Å². The third kappa shape index (κ3) is 5.18. The average molecular weight is 340 g/mol.